The minimum Gasteiger partial charge on any atom is -0.462 e. The predicted octanol–water partition coefficient (Wildman–Crippen LogP) is 5.30. The number of rotatable bonds is 2. The fraction of sp³-hybridized carbons (Fsp3) is 0.826. The van der Waals surface area contributed by atoms with E-state index in [1.165, 1.54) is 18.9 Å². The van der Waals surface area contributed by atoms with Crippen molar-refractivity contribution in [3.63, 3.8) is 0 Å². The fourth-order valence-electron chi connectivity index (χ4n) is 7.65. The Kier molecular flexibility index (Phi) is 4.77. The van der Waals surface area contributed by atoms with Crippen LogP contribution >= 0.6 is 11.6 Å². The summed E-state index contributed by atoms with van der Waals surface area (Å²) in [6.45, 7) is 8.02. The molecular weight excluding hydrogens is 360 g/mol. The fourth-order valence-corrected chi connectivity index (χ4v) is 8.31. The van der Waals surface area contributed by atoms with Crippen molar-refractivity contribution < 1.29 is 14.3 Å². The number of allylic oxidation sites excluding steroid dienone is 1. The zero-order valence-corrected chi connectivity index (χ0v) is 17.8. The van der Waals surface area contributed by atoms with E-state index in [0.717, 1.165) is 38.5 Å². The molecule has 3 fully saturated rings. The van der Waals surface area contributed by atoms with Crippen LogP contribution in [0.4, 0.5) is 0 Å². The highest BCUT2D eigenvalue weighted by molar-refractivity contribution is 6.22. The smallest absolute Gasteiger partial charge is 0.302 e. The van der Waals surface area contributed by atoms with Crippen LogP contribution in [0.3, 0.4) is 0 Å². The largest absolute Gasteiger partial charge is 0.462 e. The lowest BCUT2D eigenvalue weighted by molar-refractivity contribution is -0.149. The summed E-state index contributed by atoms with van der Waals surface area (Å²) in [6.07, 6.45) is 9.85. The first kappa shape index (κ1) is 19.5. The second kappa shape index (κ2) is 6.61. The van der Waals surface area contributed by atoms with E-state index in [-0.39, 0.29) is 40.0 Å². The van der Waals surface area contributed by atoms with E-state index < -0.39 is 0 Å². The molecule has 150 valence electrons. The van der Waals surface area contributed by atoms with E-state index in [1.807, 2.05) is 0 Å². The molecule has 0 saturated heterocycles. The van der Waals surface area contributed by atoms with Crippen molar-refractivity contribution in [3.05, 3.63) is 11.6 Å². The number of ketones is 1. The Labute approximate surface area is 168 Å². The summed E-state index contributed by atoms with van der Waals surface area (Å²) in [5.74, 6) is 1.98. The van der Waals surface area contributed by atoms with Gasteiger partial charge in [-0.15, -0.1) is 11.6 Å². The Bertz CT molecular complexity index is 685. The molecule has 0 spiro atoms. The van der Waals surface area contributed by atoms with Crippen molar-refractivity contribution in [2.24, 2.45) is 34.5 Å². The van der Waals surface area contributed by atoms with Crippen LogP contribution in [0.2, 0.25) is 0 Å². The number of alkyl halides is 1. The van der Waals surface area contributed by atoms with Crippen LogP contribution in [0.15, 0.2) is 11.6 Å². The van der Waals surface area contributed by atoms with Crippen molar-refractivity contribution in [2.75, 3.05) is 0 Å². The molecule has 4 aliphatic rings. The zero-order chi connectivity index (χ0) is 19.6. The van der Waals surface area contributed by atoms with E-state index in [9.17, 15) is 9.59 Å². The molecule has 4 rings (SSSR count). The SMILES string of the molecule is CC(=O)OC1CC[C@@]2(C)C(=CC[C@H]3[C@@H]4C[C@@H](Cl)[C@H](C(C)=O)[C@@]4(C)CC[C@@H]32)C1. The number of fused-ring (bicyclic) bond motifs is 5. The third-order valence-corrected chi connectivity index (χ3v) is 9.25. The van der Waals surface area contributed by atoms with E-state index in [4.69, 9.17) is 16.3 Å². The maximum absolute atomic E-state index is 12.4. The molecule has 0 amide bonds. The third-order valence-electron chi connectivity index (χ3n) is 8.82. The van der Waals surface area contributed by atoms with Crippen LogP contribution in [0, 0.1) is 34.5 Å². The van der Waals surface area contributed by atoms with Gasteiger partial charge in [0.2, 0.25) is 0 Å². The normalized spacial score (nSPS) is 48.7. The highest BCUT2D eigenvalue weighted by Crippen LogP contribution is 2.67. The molecule has 0 N–H and O–H groups in total. The van der Waals surface area contributed by atoms with Crippen molar-refractivity contribution in [3.8, 4) is 0 Å². The molecule has 4 aliphatic carbocycles. The number of hydrogen-bond donors (Lipinski definition) is 0. The first-order valence-electron chi connectivity index (χ1n) is 10.7. The number of carbonyl (C=O) groups excluding carboxylic acids is 2. The lowest BCUT2D eigenvalue weighted by atomic mass is 9.47. The Morgan fingerprint density at radius 2 is 1.89 bits per heavy atom. The van der Waals surface area contributed by atoms with Gasteiger partial charge in [0.05, 0.1) is 0 Å². The highest BCUT2D eigenvalue weighted by atomic mass is 35.5. The number of esters is 1. The molecule has 27 heavy (non-hydrogen) atoms. The molecule has 3 nitrogen and oxygen atoms in total. The standard InChI is InChI=1S/C23H33ClO3/c1-13(25)21-20(24)12-19-17-6-5-15-11-16(27-14(2)26)7-9-22(15,3)18(17)8-10-23(19,21)4/h5,16-21H,6-12H2,1-4H3/t16?,17-,18+,19+,20-,21+,22+,23+/m1/s1. The van der Waals surface area contributed by atoms with Crippen LogP contribution < -0.4 is 0 Å². The summed E-state index contributed by atoms with van der Waals surface area (Å²) in [7, 11) is 0. The molecule has 8 atom stereocenters. The molecule has 0 bridgehead atoms. The number of ether oxygens (including phenoxy) is 1. The number of Topliss-reactive ketones (excluding diaryl/α,β-unsaturated/α-hetero) is 1. The molecule has 0 radical (unpaired) electrons. The molecule has 0 heterocycles. The number of hydrogen-bond acceptors (Lipinski definition) is 3. The number of halogens is 1. The molecule has 4 heteroatoms. The maximum Gasteiger partial charge on any atom is 0.302 e. The Morgan fingerprint density at radius 1 is 1.15 bits per heavy atom. The average molecular weight is 393 g/mol. The molecular formula is C23H33ClO3. The second-order valence-electron chi connectivity index (χ2n) is 10.1. The van der Waals surface area contributed by atoms with Gasteiger partial charge in [-0.2, -0.15) is 0 Å². The van der Waals surface area contributed by atoms with Crippen molar-refractivity contribution in [1.29, 1.82) is 0 Å². The van der Waals surface area contributed by atoms with Crippen LogP contribution in [-0.2, 0) is 14.3 Å². The van der Waals surface area contributed by atoms with Gasteiger partial charge in [-0.3, -0.25) is 9.59 Å². The molecule has 0 aromatic heterocycles. The van der Waals surface area contributed by atoms with Crippen LogP contribution in [0.25, 0.3) is 0 Å². The molecule has 0 aromatic carbocycles. The monoisotopic (exact) mass is 392 g/mol. The van der Waals surface area contributed by atoms with Crippen molar-refractivity contribution >= 4 is 23.4 Å². The van der Waals surface area contributed by atoms with Gasteiger partial charge >= 0.3 is 5.97 Å². The van der Waals surface area contributed by atoms with Crippen LogP contribution in [0.5, 0.6) is 0 Å². The van der Waals surface area contributed by atoms with E-state index in [1.54, 1.807) is 6.92 Å². The van der Waals surface area contributed by atoms with Gasteiger partial charge in [-0.05, 0) is 74.0 Å². The topological polar surface area (TPSA) is 43.4 Å². The summed E-state index contributed by atoms with van der Waals surface area (Å²) in [4.78, 5) is 23.7. The summed E-state index contributed by atoms with van der Waals surface area (Å²) in [5, 5.41) is -0.00543. The first-order valence-corrected chi connectivity index (χ1v) is 11.1. The predicted molar refractivity (Wildman–Crippen MR) is 106 cm³/mol. The quantitative estimate of drug-likeness (QED) is 0.363. The number of carbonyl (C=O) groups is 2. The summed E-state index contributed by atoms with van der Waals surface area (Å²) >= 11 is 6.72. The Balaban J connectivity index is 1.61. The van der Waals surface area contributed by atoms with Crippen LogP contribution in [-0.4, -0.2) is 23.2 Å². The van der Waals surface area contributed by atoms with Crippen LogP contribution in [0.1, 0.15) is 72.6 Å². The highest BCUT2D eigenvalue weighted by Gasteiger charge is 2.61. The van der Waals surface area contributed by atoms with Gasteiger partial charge in [-0.1, -0.05) is 25.5 Å². The van der Waals surface area contributed by atoms with Gasteiger partial charge in [0.1, 0.15) is 11.9 Å². The summed E-state index contributed by atoms with van der Waals surface area (Å²) in [6, 6.07) is 0. The molecule has 3 saturated carbocycles. The zero-order valence-electron chi connectivity index (χ0n) is 17.1. The molecule has 0 aromatic rings. The second-order valence-corrected chi connectivity index (χ2v) is 10.7. The van der Waals surface area contributed by atoms with E-state index >= 15 is 0 Å². The van der Waals surface area contributed by atoms with Gasteiger partial charge in [0.25, 0.3) is 0 Å². The van der Waals surface area contributed by atoms with E-state index in [0.29, 0.717) is 17.8 Å². The van der Waals surface area contributed by atoms with Crippen molar-refractivity contribution in [2.45, 2.75) is 84.1 Å². The van der Waals surface area contributed by atoms with Crippen molar-refractivity contribution in [1.82, 2.24) is 0 Å². The lowest BCUT2D eigenvalue weighted by Gasteiger charge is -2.57. The Hall–Kier alpha value is -0.830. The maximum atomic E-state index is 12.4. The summed E-state index contributed by atoms with van der Waals surface area (Å²) < 4.78 is 5.53. The first-order chi connectivity index (χ1) is 12.7. The van der Waals surface area contributed by atoms with E-state index in [2.05, 4.69) is 19.9 Å². The average Bonchev–Trinajstić information content (AvgIpc) is 2.85. The third kappa shape index (κ3) is 2.91. The van der Waals surface area contributed by atoms with Gasteiger partial charge in [-0.25, -0.2) is 0 Å². The van der Waals surface area contributed by atoms with Gasteiger partial charge < -0.3 is 4.74 Å². The lowest BCUT2D eigenvalue weighted by Crippen LogP contribution is -2.51. The summed E-state index contributed by atoms with van der Waals surface area (Å²) in [5.41, 5.74) is 1.79. The minimum absolute atomic E-state index is 0.00543. The van der Waals surface area contributed by atoms with Gasteiger partial charge in [0.15, 0.2) is 0 Å². The molecule has 0 aliphatic heterocycles. The minimum atomic E-state index is -0.166. The molecule has 1 unspecified atom stereocenters. The Morgan fingerprint density at radius 3 is 2.56 bits per heavy atom. The van der Waals surface area contributed by atoms with Gasteiger partial charge in [0, 0.05) is 24.6 Å².